The summed E-state index contributed by atoms with van der Waals surface area (Å²) in [4.78, 5) is 12.1. The summed E-state index contributed by atoms with van der Waals surface area (Å²) in [6.07, 6.45) is 1.41. The van der Waals surface area contributed by atoms with Crippen LogP contribution in [0.1, 0.15) is 11.5 Å². The second kappa shape index (κ2) is 8.17. The lowest BCUT2D eigenvalue weighted by molar-refractivity contribution is -0.118. The number of anilines is 1. The Balaban J connectivity index is 1.53. The normalized spacial score (nSPS) is 11.2. The van der Waals surface area contributed by atoms with Crippen molar-refractivity contribution >= 4 is 21.8 Å². The summed E-state index contributed by atoms with van der Waals surface area (Å²) < 4.78 is 46.3. The van der Waals surface area contributed by atoms with Crippen molar-refractivity contribution in [3.8, 4) is 5.75 Å². The standard InChI is InChI=1S/C18H16FN3O5S/c1-28(24,25)15-8-2-12(3-9-15)10-17-21-22-18(27-17)20-16(23)11-26-14-6-4-13(19)5-7-14/h2-9H,10-11H2,1H3,(H,20,22,23). The maximum absolute atomic E-state index is 12.8. The van der Waals surface area contributed by atoms with Gasteiger partial charge in [0.05, 0.1) is 11.3 Å². The molecule has 0 fully saturated rings. The molecule has 0 aliphatic carbocycles. The number of benzene rings is 2. The smallest absolute Gasteiger partial charge is 0.322 e. The molecule has 0 spiro atoms. The Morgan fingerprint density at radius 1 is 1.11 bits per heavy atom. The van der Waals surface area contributed by atoms with Crippen LogP contribution in [0.3, 0.4) is 0 Å². The average Bonchev–Trinajstić information content (AvgIpc) is 3.07. The molecule has 28 heavy (non-hydrogen) atoms. The molecule has 146 valence electrons. The molecule has 0 aliphatic heterocycles. The van der Waals surface area contributed by atoms with Crippen LogP contribution in [0, 0.1) is 5.82 Å². The Morgan fingerprint density at radius 3 is 2.43 bits per heavy atom. The predicted octanol–water partition coefficient (Wildman–Crippen LogP) is 2.22. The first-order chi connectivity index (χ1) is 13.3. The molecule has 1 amide bonds. The molecular formula is C18H16FN3O5S. The van der Waals surface area contributed by atoms with Crippen LogP contribution in [0.25, 0.3) is 0 Å². The molecule has 3 rings (SSSR count). The van der Waals surface area contributed by atoms with Crippen LogP contribution in [0.15, 0.2) is 57.8 Å². The first-order valence-corrected chi connectivity index (χ1v) is 9.98. The van der Waals surface area contributed by atoms with Gasteiger partial charge in [0.15, 0.2) is 16.4 Å². The quantitative estimate of drug-likeness (QED) is 0.641. The topological polar surface area (TPSA) is 111 Å². The highest BCUT2D eigenvalue weighted by Gasteiger charge is 2.12. The van der Waals surface area contributed by atoms with E-state index >= 15 is 0 Å². The van der Waals surface area contributed by atoms with Crippen molar-refractivity contribution < 1.29 is 26.8 Å². The largest absolute Gasteiger partial charge is 0.484 e. The van der Waals surface area contributed by atoms with Gasteiger partial charge < -0.3 is 9.15 Å². The highest BCUT2D eigenvalue weighted by Crippen LogP contribution is 2.15. The van der Waals surface area contributed by atoms with Gasteiger partial charge in [-0.25, -0.2) is 12.8 Å². The first-order valence-electron chi connectivity index (χ1n) is 8.09. The van der Waals surface area contributed by atoms with Crippen molar-refractivity contribution in [2.45, 2.75) is 11.3 Å². The molecule has 3 aromatic rings. The van der Waals surface area contributed by atoms with Gasteiger partial charge in [-0.05, 0) is 42.0 Å². The van der Waals surface area contributed by atoms with E-state index in [4.69, 9.17) is 9.15 Å². The molecule has 8 nitrogen and oxygen atoms in total. The summed E-state index contributed by atoms with van der Waals surface area (Å²) in [5.74, 6) is -0.319. The summed E-state index contributed by atoms with van der Waals surface area (Å²) in [6, 6.07) is 11.5. The van der Waals surface area contributed by atoms with E-state index in [1.54, 1.807) is 12.1 Å². The number of aromatic nitrogens is 2. The number of amides is 1. The van der Waals surface area contributed by atoms with E-state index in [0.29, 0.717) is 5.75 Å². The van der Waals surface area contributed by atoms with Crippen molar-refractivity contribution in [3.63, 3.8) is 0 Å². The second-order valence-electron chi connectivity index (χ2n) is 5.88. The Labute approximate surface area is 160 Å². The minimum Gasteiger partial charge on any atom is -0.484 e. The van der Waals surface area contributed by atoms with Crippen molar-refractivity contribution in [2.24, 2.45) is 0 Å². The number of carbonyl (C=O) groups excluding carboxylic acids is 1. The zero-order valence-corrected chi connectivity index (χ0v) is 15.6. The maximum Gasteiger partial charge on any atom is 0.322 e. The average molecular weight is 405 g/mol. The van der Waals surface area contributed by atoms with Gasteiger partial charge in [-0.15, -0.1) is 5.10 Å². The number of rotatable bonds is 7. The van der Waals surface area contributed by atoms with Gasteiger partial charge in [-0.3, -0.25) is 10.1 Å². The molecule has 2 aromatic carbocycles. The number of halogens is 1. The van der Waals surface area contributed by atoms with Gasteiger partial charge in [0.25, 0.3) is 5.91 Å². The van der Waals surface area contributed by atoms with E-state index < -0.39 is 21.6 Å². The second-order valence-corrected chi connectivity index (χ2v) is 7.90. The van der Waals surface area contributed by atoms with Crippen LogP contribution in [0.5, 0.6) is 5.75 Å². The molecule has 0 saturated carbocycles. The monoisotopic (exact) mass is 405 g/mol. The molecule has 0 unspecified atom stereocenters. The molecule has 1 aromatic heterocycles. The van der Waals surface area contributed by atoms with Crippen LogP contribution in [-0.2, 0) is 21.1 Å². The number of hydrogen-bond acceptors (Lipinski definition) is 7. The zero-order valence-electron chi connectivity index (χ0n) is 14.8. The molecular weight excluding hydrogens is 389 g/mol. The predicted molar refractivity (Wildman–Crippen MR) is 97.2 cm³/mol. The summed E-state index contributed by atoms with van der Waals surface area (Å²) >= 11 is 0. The third-order valence-electron chi connectivity index (χ3n) is 3.60. The number of nitrogens with zero attached hydrogens (tertiary/aromatic N) is 2. The number of carbonyl (C=O) groups is 1. The Hall–Kier alpha value is -3.27. The van der Waals surface area contributed by atoms with Gasteiger partial charge in [0.1, 0.15) is 11.6 Å². The summed E-state index contributed by atoms with van der Waals surface area (Å²) in [5.41, 5.74) is 0.772. The number of nitrogens with one attached hydrogen (secondary N) is 1. The lowest BCUT2D eigenvalue weighted by Gasteiger charge is -2.04. The Kier molecular flexibility index (Phi) is 5.69. The van der Waals surface area contributed by atoms with Crippen LogP contribution in [-0.4, -0.2) is 37.4 Å². The van der Waals surface area contributed by atoms with Crippen LogP contribution < -0.4 is 10.1 Å². The zero-order chi connectivity index (χ0) is 20.1. The van der Waals surface area contributed by atoms with Gasteiger partial charge in [-0.2, -0.15) is 0 Å². The lowest BCUT2D eigenvalue weighted by Crippen LogP contribution is -2.20. The fraction of sp³-hybridized carbons (Fsp3) is 0.167. The fourth-order valence-corrected chi connectivity index (χ4v) is 2.87. The third-order valence-corrected chi connectivity index (χ3v) is 4.73. The van der Waals surface area contributed by atoms with E-state index in [2.05, 4.69) is 15.5 Å². The number of ether oxygens (including phenoxy) is 1. The molecule has 0 radical (unpaired) electrons. The molecule has 1 N–H and O–H groups in total. The van der Waals surface area contributed by atoms with Crippen molar-refractivity contribution in [1.82, 2.24) is 10.2 Å². The first kappa shape index (κ1) is 19.5. The van der Waals surface area contributed by atoms with Crippen LogP contribution in [0.2, 0.25) is 0 Å². The molecule has 10 heteroatoms. The highest BCUT2D eigenvalue weighted by atomic mass is 32.2. The SMILES string of the molecule is CS(=O)(=O)c1ccc(Cc2nnc(NC(=O)COc3ccc(F)cc3)o2)cc1. The Bertz CT molecular complexity index is 1060. The van der Waals surface area contributed by atoms with Gasteiger partial charge in [-0.1, -0.05) is 17.2 Å². The third kappa shape index (κ3) is 5.36. The van der Waals surface area contributed by atoms with Gasteiger partial charge in [0, 0.05) is 6.26 Å². The van der Waals surface area contributed by atoms with E-state index in [1.165, 1.54) is 36.4 Å². The van der Waals surface area contributed by atoms with E-state index in [9.17, 15) is 17.6 Å². The Morgan fingerprint density at radius 2 is 1.79 bits per heavy atom. The fourth-order valence-electron chi connectivity index (χ4n) is 2.24. The number of sulfone groups is 1. The lowest BCUT2D eigenvalue weighted by atomic mass is 10.1. The summed E-state index contributed by atoms with van der Waals surface area (Å²) in [5, 5.41) is 9.96. The molecule has 0 atom stereocenters. The van der Waals surface area contributed by atoms with Gasteiger partial charge in [0.2, 0.25) is 5.89 Å². The minimum atomic E-state index is -3.26. The van der Waals surface area contributed by atoms with Crippen molar-refractivity contribution in [2.75, 3.05) is 18.2 Å². The summed E-state index contributed by atoms with van der Waals surface area (Å²) in [6.45, 7) is -0.309. The van der Waals surface area contributed by atoms with Crippen molar-refractivity contribution in [3.05, 3.63) is 65.8 Å². The van der Waals surface area contributed by atoms with E-state index in [0.717, 1.165) is 11.8 Å². The summed E-state index contributed by atoms with van der Waals surface area (Å²) in [7, 11) is -3.26. The molecule has 0 aliphatic rings. The number of hydrogen-bond donors (Lipinski definition) is 1. The minimum absolute atomic E-state index is 0.0875. The van der Waals surface area contributed by atoms with E-state index in [-0.39, 0.29) is 29.8 Å². The van der Waals surface area contributed by atoms with Gasteiger partial charge >= 0.3 is 6.01 Å². The molecule has 0 bridgehead atoms. The van der Waals surface area contributed by atoms with E-state index in [1.807, 2.05) is 0 Å². The maximum atomic E-state index is 12.8. The van der Waals surface area contributed by atoms with Crippen LogP contribution >= 0.6 is 0 Å². The molecule has 0 saturated heterocycles. The molecule has 1 heterocycles. The highest BCUT2D eigenvalue weighted by molar-refractivity contribution is 7.90. The van der Waals surface area contributed by atoms with Crippen molar-refractivity contribution in [1.29, 1.82) is 0 Å². The van der Waals surface area contributed by atoms with Crippen LogP contribution in [0.4, 0.5) is 10.4 Å².